The molecule has 6 nitrogen and oxygen atoms in total. The Morgan fingerprint density at radius 2 is 1.97 bits per heavy atom. The van der Waals surface area contributed by atoms with Gasteiger partial charge in [0, 0.05) is 19.7 Å². The SMILES string of the molecule is Cn1c(Cc2ccccc2)nnc1SCC(=O)Nc1ncc(C(F)(F)F)cc1Cl. The molecular formula is C18H15ClF3N5OS. The summed E-state index contributed by atoms with van der Waals surface area (Å²) in [5.41, 5.74) is 0.0974. The van der Waals surface area contributed by atoms with Crippen LogP contribution in [-0.2, 0) is 24.4 Å². The molecule has 0 fully saturated rings. The number of halogens is 4. The number of carbonyl (C=O) groups is 1. The molecule has 0 radical (unpaired) electrons. The average Bonchev–Trinajstić information content (AvgIpc) is 3.01. The number of nitrogens with zero attached hydrogens (tertiary/aromatic N) is 4. The van der Waals surface area contributed by atoms with Crippen molar-refractivity contribution in [1.82, 2.24) is 19.7 Å². The topological polar surface area (TPSA) is 72.7 Å². The smallest absolute Gasteiger partial charge is 0.309 e. The summed E-state index contributed by atoms with van der Waals surface area (Å²) in [4.78, 5) is 15.7. The standard InChI is InChI=1S/C18H15ClF3N5OS/c1-27-14(7-11-5-3-2-4-6-11)25-26-17(27)29-10-15(28)24-16-13(19)8-12(9-23-16)18(20,21)22/h2-6,8-9H,7,10H2,1H3,(H,23,24,28). The molecule has 1 N–H and O–H groups in total. The van der Waals surface area contributed by atoms with E-state index in [0.717, 1.165) is 29.2 Å². The van der Waals surface area contributed by atoms with E-state index in [-0.39, 0.29) is 16.6 Å². The molecule has 0 saturated heterocycles. The summed E-state index contributed by atoms with van der Waals surface area (Å²) >= 11 is 6.94. The summed E-state index contributed by atoms with van der Waals surface area (Å²) < 4.78 is 39.7. The van der Waals surface area contributed by atoms with Gasteiger partial charge < -0.3 is 9.88 Å². The first kappa shape index (κ1) is 21.1. The number of benzene rings is 1. The first-order valence-corrected chi connectivity index (χ1v) is 9.68. The van der Waals surface area contributed by atoms with Gasteiger partial charge in [0.2, 0.25) is 5.91 Å². The van der Waals surface area contributed by atoms with Crippen LogP contribution in [0.25, 0.3) is 0 Å². The Morgan fingerprint density at radius 3 is 2.62 bits per heavy atom. The molecule has 2 aromatic heterocycles. The molecule has 0 aliphatic heterocycles. The highest BCUT2D eigenvalue weighted by Crippen LogP contribution is 2.32. The van der Waals surface area contributed by atoms with Crippen molar-refractivity contribution < 1.29 is 18.0 Å². The van der Waals surface area contributed by atoms with Crippen molar-refractivity contribution in [2.24, 2.45) is 7.05 Å². The van der Waals surface area contributed by atoms with Gasteiger partial charge in [-0.3, -0.25) is 4.79 Å². The summed E-state index contributed by atoms with van der Waals surface area (Å²) in [6.45, 7) is 0. The highest BCUT2D eigenvalue weighted by molar-refractivity contribution is 7.99. The molecule has 0 aliphatic carbocycles. The fourth-order valence-electron chi connectivity index (χ4n) is 2.39. The second-order valence-electron chi connectivity index (χ2n) is 6.01. The molecule has 3 rings (SSSR count). The Hall–Kier alpha value is -2.59. The number of hydrogen-bond acceptors (Lipinski definition) is 5. The van der Waals surface area contributed by atoms with Gasteiger partial charge in [-0.25, -0.2) is 4.98 Å². The van der Waals surface area contributed by atoms with Crippen molar-refractivity contribution in [3.63, 3.8) is 0 Å². The largest absolute Gasteiger partial charge is 0.417 e. The van der Waals surface area contributed by atoms with Crippen LogP contribution in [0.1, 0.15) is 17.0 Å². The summed E-state index contributed by atoms with van der Waals surface area (Å²) in [7, 11) is 1.80. The molecule has 0 bridgehead atoms. The highest BCUT2D eigenvalue weighted by Gasteiger charge is 2.31. The molecule has 3 aromatic rings. The van der Waals surface area contributed by atoms with E-state index < -0.39 is 17.6 Å². The van der Waals surface area contributed by atoms with E-state index in [4.69, 9.17) is 11.6 Å². The fraction of sp³-hybridized carbons (Fsp3) is 0.222. The van der Waals surface area contributed by atoms with Gasteiger partial charge in [-0.15, -0.1) is 10.2 Å². The molecule has 152 valence electrons. The fourth-order valence-corrected chi connectivity index (χ4v) is 3.33. The highest BCUT2D eigenvalue weighted by atomic mass is 35.5. The second kappa shape index (κ2) is 8.83. The quantitative estimate of drug-likeness (QED) is 0.580. The van der Waals surface area contributed by atoms with Crippen molar-refractivity contribution >= 4 is 35.1 Å². The maximum absolute atomic E-state index is 12.6. The Bertz CT molecular complexity index is 1010. The van der Waals surface area contributed by atoms with Crippen LogP contribution >= 0.6 is 23.4 Å². The number of anilines is 1. The van der Waals surface area contributed by atoms with Crippen molar-refractivity contribution in [1.29, 1.82) is 0 Å². The van der Waals surface area contributed by atoms with E-state index in [0.29, 0.717) is 17.8 Å². The number of carbonyl (C=O) groups excluding carboxylic acids is 1. The minimum absolute atomic E-state index is 0.0314. The lowest BCUT2D eigenvalue weighted by molar-refractivity contribution is -0.137. The molecule has 2 heterocycles. The zero-order chi connectivity index (χ0) is 21.0. The molecule has 1 amide bonds. The van der Waals surface area contributed by atoms with Crippen molar-refractivity contribution in [2.75, 3.05) is 11.1 Å². The van der Waals surface area contributed by atoms with Gasteiger partial charge in [0.25, 0.3) is 0 Å². The first-order valence-electron chi connectivity index (χ1n) is 8.31. The molecule has 11 heteroatoms. The Balaban J connectivity index is 1.59. The lowest BCUT2D eigenvalue weighted by Gasteiger charge is -2.10. The van der Waals surface area contributed by atoms with Gasteiger partial charge >= 0.3 is 6.18 Å². The maximum Gasteiger partial charge on any atom is 0.417 e. The van der Waals surface area contributed by atoms with Crippen molar-refractivity contribution in [2.45, 2.75) is 17.8 Å². The van der Waals surface area contributed by atoms with E-state index in [1.54, 1.807) is 11.6 Å². The lowest BCUT2D eigenvalue weighted by Crippen LogP contribution is -2.16. The zero-order valence-corrected chi connectivity index (χ0v) is 16.6. The molecule has 1 aromatic carbocycles. The summed E-state index contributed by atoms with van der Waals surface area (Å²) in [5, 5.41) is 10.9. The number of amides is 1. The van der Waals surface area contributed by atoms with E-state index in [1.165, 1.54) is 0 Å². The van der Waals surface area contributed by atoms with Gasteiger partial charge in [-0.2, -0.15) is 13.2 Å². The average molecular weight is 442 g/mol. The number of aromatic nitrogens is 4. The number of rotatable bonds is 6. The van der Waals surface area contributed by atoms with Crippen LogP contribution in [0, 0.1) is 0 Å². The van der Waals surface area contributed by atoms with Crippen LogP contribution in [0.3, 0.4) is 0 Å². The van der Waals surface area contributed by atoms with Gasteiger partial charge in [-0.05, 0) is 11.6 Å². The number of thioether (sulfide) groups is 1. The van der Waals surface area contributed by atoms with Crippen LogP contribution < -0.4 is 5.32 Å². The number of nitrogens with one attached hydrogen (secondary N) is 1. The van der Waals surface area contributed by atoms with Crippen LogP contribution in [0.2, 0.25) is 5.02 Å². The van der Waals surface area contributed by atoms with Crippen molar-refractivity contribution in [3.8, 4) is 0 Å². The number of hydrogen-bond donors (Lipinski definition) is 1. The van der Waals surface area contributed by atoms with Crippen LogP contribution in [0.5, 0.6) is 0 Å². The van der Waals surface area contributed by atoms with Crippen molar-refractivity contribution in [3.05, 3.63) is 64.6 Å². The lowest BCUT2D eigenvalue weighted by atomic mass is 10.1. The van der Waals surface area contributed by atoms with E-state index in [2.05, 4.69) is 20.5 Å². The summed E-state index contributed by atoms with van der Waals surface area (Å²) in [6, 6.07) is 10.5. The molecule has 0 spiro atoms. The van der Waals surface area contributed by atoms with Gasteiger partial charge in [-0.1, -0.05) is 53.7 Å². The Labute approximate surface area is 173 Å². The predicted octanol–water partition coefficient (Wildman–Crippen LogP) is 4.20. The maximum atomic E-state index is 12.6. The third-order valence-corrected chi connectivity index (χ3v) is 5.20. The third-order valence-electron chi connectivity index (χ3n) is 3.89. The molecule has 0 atom stereocenters. The van der Waals surface area contributed by atoms with Crippen LogP contribution in [-0.4, -0.2) is 31.4 Å². The van der Waals surface area contributed by atoms with Crippen LogP contribution in [0.15, 0.2) is 47.8 Å². The zero-order valence-electron chi connectivity index (χ0n) is 15.1. The summed E-state index contributed by atoms with van der Waals surface area (Å²) in [5.74, 6) is 0.104. The molecule has 0 aliphatic rings. The predicted molar refractivity (Wildman–Crippen MR) is 104 cm³/mol. The first-order chi connectivity index (χ1) is 13.7. The monoisotopic (exact) mass is 441 g/mol. The minimum Gasteiger partial charge on any atom is -0.309 e. The van der Waals surface area contributed by atoms with Gasteiger partial charge in [0.05, 0.1) is 16.3 Å². The third kappa shape index (κ3) is 5.48. The second-order valence-corrected chi connectivity index (χ2v) is 7.36. The molecular weight excluding hydrogens is 427 g/mol. The Morgan fingerprint density at radius 1 is 1.24 bits per heavy atom. The van der Waals surface area contributed by atoms with Gasteiger partial charge in [0.1, 0.15) is 5.82 Å². The molecule has 29 heavy (non-hydrogen) atoms. The summed E-state index contributed by atoms with van der Waals surface area (Å²) in [6.07, 6.45) is -3.34. The Kier molecular flexibility index (Phi) is 6.43. The van der Waals surface area contributed by atoms with E-state index >= 15 is 0 Å². The molecule has 0 saturated carbocycles. The number of alkyl halides is 3. The van der Waals surface area contributed by atoms with Crippen LogP contribution in [0.4, 0.5) is 19.0 Å². The normalized spacial score (nSPS) is 11.5. The molecule has 0 unspecified atom stereocenters. The van der Waals surface area contributed by atoms with E-state index in [1.807, 2.05) is 30.3 Å². The number of pyridine rings is 1. The minimum atomic E-state index is -4.56. The van der Waals surface area contributed by atoms with E-state index in [9.17, 15) is 18.0 Å². The van der Waals surface area contributed by atoms with Gasteiger partial charge in [0.15, 0.2) is 11.0 Å².